The van der Waals surface area contributed by atoms with E-state index in [1.807, 2.05) is 11.0 Å². The van der Waals surface area contributed by atoms with E-state index >= 15 is 0 Å². The van der Waals surface area contributed by atoms with Crippen molar-refractivity contribution < 1.29 is 4.79 Å². The standard InChI is InChI=1S/C12H18N2OS.ClH/c13-10-3-1-7-14(9-10)12(15)6-5-11-4-2-8-16-11;/h2,4,8,10H,1,3,5-7,9,13H2;1H. The second-order valence-corrected chi connectivity index (χ2v) is 5.35. The normalized spacial score (nSPS) is 19.8. The van der Waals surface area contributed by atoms with Gasteiger partial charge in [-0.3, -0.25) is 4.79 Å². The summed E-state index contributed by atoms with van der Waals surface area (Å²) in [5, 5.41) is 2.05. The predicted molar refractivity (Wildman–Crippen MR) is 73.7 cm³/mol. The van der Waals surface area contributed by atoms with Crippen LogP contribution in [0.4, 0.5) is 0 Å². The average molecular weight is 275 g/mol. The molecule has 1 aromatic heterocycles. The number of amides is 1. The van der Waals surface area contributed by atoms with Crippen LogP contribution in [-0.2, 0) is 11.2 Å². The number of hydrogen-bond donors (Lipinski definition) is 1. The summed E-state index contributed by atoms with van der Waals surface area (Å²) in [6, 6.07) is 4.29. The summed E-state index contributed by atoms with van der Waals surface area (Å²) in [5.41, 5.74) is 5.86. The van der Waals surface area contributed by atoms with Gasteiger partial charge >= 0.3 is 0 Å². The first-order valence-electron chi connectivity index (χ1n) is 5.81. The molecule has 1 saturated heterocycles. The van der Waals surface area contributed by atoms with Gasteiger partial charge in [-0.1, -0.05) is 6.07 Å². The topological polar surface area (TPSA) is 46.3 Å². The van der Waals surface area contributed by atoms with Crippen molar-refractivity contribution >= 4 is 29.7 Å². The molecule has 1 aliphatic heterocycles. The lowest BCUT2D eigenvalue weighted by molar-refractivity contribution is -0.132. The summed E-state index contributed by atoms with van der Waals surface area (Å²) in [5.74, 6) is 0.253. The van der Waals surface area contributed by atoms with E-state index in [1.165, 1.54) is 4.88 Å². The maximum absolute atomic E-state index is 11.9. The lowest BCUT2D eigenvalue weighted by Crippen LogP contribution is -2.45. The van der Waals surface area contributed by atoms with E-state index in [0.29, 0.717) is 6.42 Å². The molecule has 0 spiro atoms. The third-order valence-electron chi connectivity index (χ3n) is 2.98. The van der Waals surface area contributed by atoms with Crippen molar-refractivity contribution in [1.29, 1.82) is 0 Å². The molecule has 1 amide bonds. The number of carbonyl (C=O) groups excluding carboxylic acids is 1. The molecular weight excluding hydrogens is 256 g/mol. The number of carbonyl (C=O) groups is 1. The van der Waals surface area contributed by atoms with Crippen LogP contribution >= 0.6 is 23.7 Å². The Bertz CT molecular complexity index is 342. The van der Waals surface area contributed by atoms with Gasteiger partial charge < -0.3 is 10.6 Å². The van der Waals surface area contributed by atoms with Gasteiger partial charge in [0.2, 0.25) is 5.91 Å². The Morgan fingerprint density at radius 3 is 3.06 bits per heavy atom. The average Bonchev–Trinajstić information content (AvgIpc) is 2.78. The van der Waals surface area contributed by atoms with Crippen molar-refractivity contribution in [2.24, 2.45) is 5.73 Å². The highest BCUT2D eigenvalue weighted by Crippen LogP contribution is 2.14. The van der Waals surface area contributed by atoms with E-state index in [-0.39, 0.29) is 24.4 Å². The first-order chi connectivity index (χ1) is 7.75. The van der Waals surface area contributed by atoms with Gasteiger partial charge in [0.1, 0.15) is 0 Å². The van der Waals surface area contributed by atoms with Crippen molar-refractivity contribution in [3.63, 3.8) is 0 Å². The molecule has 1 aliphatic rings. The van der Waals surface area contributed by atoms with Crippen molar-refractivity contribution in [3.8, 4) is 0 Å². The van der Waals surface area contributed by atoms with Gasteiger partial charge in [-0.25, -0.2) is 0 Å². The zero-order valence-electron chi connectivity index (χ0n) is 9.80. The van der Waals surface area contributed by atoms with Crippen molar-refractivity contribution in [1.82, 2.24) is 4.90 Å². The van der Waals surface area contributed by atoms with Crippen LogP contribution in [0, 0.1) is 0 Å². The zero-order valence-corrected chi connectivity index (χ0v) is 11.4. The minimum atomic E-state index is 0. The molecule has 2 N–H and O–H groups in total. The number of nitrogens with two attached hydrogens (primary N) is 1. The monoisotopic (exact) mass is 274 g/mol. The van der Waals surface area contributed by atoms with Crippen LogP contribution in [0.3, 0.4) is 0 Å². The fraction of sp³-hybridized carbons (Fsp3) is 0.583. The molecule has 0 saturated carbocycles. The molecule has 3 nitrogen and oxygen atoms in total. The Hall–Kier alpha value is -0.580. The van der Waals surface area contributed by atoms with E-state index in [2.05, 4.69) is 11.4 Å². The Labute approximate surface area is 112 Å². The van der Waals surface area contributed by atoms with Crippen molar-refractivity contribution in [3.05, 3.63) is 22.4 Å². The van der Waals surface area contributed by atoms with Gasteiger partial charge in [-0.05, 0) is 30.7 Å². The Kier molecular flexibility index (Phi) is 5.95. The van der Waals surface area contributed by atoms with E-state index in [1.54, 1.807) is 11.3 Å². The molecule has 2 heterocycles. The van der Waals surface area contributed by atoms with Crippen LogP contribution in [0.5, 0.6) is 0 Å². The number of nitrogens with zero attached hydrogens (tertiary/aromatic N) is 1. The highest BCUT2D eigenvalue weighted by Gasteiger charge is 2.20. The number of piperidine rings is 1. The van der Waals surface area contributed by atoms with Crippen LogP contribution < -0.4 is 5.73 Å². The molecule has 1 atom stereocenters. The largest absolute Gasteiger partial charge is 0.341 e. The first kappa shape index (κ1) is 14.5. The molecule has 2 rings (SSSR count). The smallest absolute Gasteiger partial charge is 0.222 e. The fourth-order valence-corrected chi connectivity index (χ4v) is 2.79. The lowest BCUT2D eigenvalue weighted by Gasteiger charge is -2.30. The Morgan fingerprint density at radius 2 is 2.41 bits per heavy atom. The third kappa shape index (κ3) is 4.30. The van der Waals surface area contributed by atoms with E-state index < -0.39 is 0 Å². The molecule has 0 bridgehead atoms. The number of rotatable bonds is 3. The van der Waals surface area contributed by atoms with E-state index in [9.17, 15) is 4.79 Å². The van der Waals surface area contributed by atoms with Crippen molar-refractivity contribution in [2.45, 2.75) is 31.7 Å². The van der Waals surface area contributed by atoms with Gasteiger partial charge in [-0.2, -0.15) is 0 Å². The zero-order chi connectivity index (χ0) is 11.4. The van der Waals surface area contributed by atoms with Gasteiger partial charge in [0.15, 0.2) is 0 Å². The number of aryl methyl sites for hydroxylation is 1. The van der Waals surface area contributed by atoms with Crippen molar-refractivity contribution in [2.75, 3.05) is 13.1 Å². The first-order valence-corrected chi connectivity index (χ1v) is 6.69. The van der Waals surface area contributed by atoms with Crippen LogP contribution in [0.2, 0.25) is 0 Å². The molecule has 0 aliphatic carbocycles. The molecular formula is C12H19ClN2OS. The SMILES string of the molecule is Cl.NC1CCCN(C(=O)CCc2cccs2)C1. The van der Waals surface area contributed by atoms with E-state index in [4.69, 9.17) is 5.73 Å². The molecule has 1 aromatic rings. The molecule has 96 valence electrons. The molecule has 5 heteroatoms. The number of halogens is 1. The van der Waals surface area contributed by atoms with Crippen LogP contribution in [0.25, 0.3) is 0 Å². The minimum absolute atomic E-state index is 0. The minimum Gasteiger partial charge on any atom is -0.341 e. The maximum atomic E-state index is 11.9. The van der Waals surface area contributed by atoms with Crippen LogP contribution in [-0.4, -0.2) is 29.9 Å². The lowest BCUT2D eigenvalue weighted by atomic mass is 10.1. The highest BCUT2D eigenvalue weighted by molar-refractivity contribution is 7.09. The molecule has 0 aromatic carbocycles. The Balaban J connectivity index is 0.00000144. The predicted octanol–water partition coefficient (Wildman–Crippen LogP) is 2.05. The summed E-state index contributed by atoms with van der Waals surface area (Å²) in [7, 11) is 0. The van der Waals surface area contributed by atoms with Gasteiger partial charge in [-0.15, -0.1) is 23.7 Å². The van der Waals surface area contributed by atoms with Gasteiger partial charge in [0.25, 0.3) is 0 Å². The van der Waals surface area contributed by atoms with Crippen LogP contribution in [0.15, 0.2) is 17.5 Å². The highest BCUT2D eigenvalue weighted by atomic mass is 35.5. The number of thiophene rings is 1. The summed E-state index contributed by atoms with van der Waals surface area (Å²) in [6.07, 6.45) is 3.58. The maximum Gasteiger partial charge on any atom is 0.222 e. The fourth-order valence-electron chi connectivity index (χ4n) is 2.08. The molecule has 17 heavy (non-hydrogen) atoms. The van der Waals surface area contributed by atoms with Gasteiger partial charge in [0.05, 0.1) is 0 Å². The quantitative estimate of drug-likeness (QED) is 0.917. The van der Waals surface area contributed by atoms with Gasteiger partial charge in [0, 0.05) is 30.4 Å². The third-order valence-corrected chi connectivity index (χ3v) is 3.91. The van der Waals surface area contributed by atoms with E-state index in [0.717, 1.165) is 32.4 Å². The summed E-state index contributed by atoms with van der Waals surface area (Å²) >= 11 is 1.72. The number of likely N-dealkylation sites (tertiary alicyclic amines) is 1. The summed E-state index contributed by atoms with van der Waals surface area (Å²) in [6.45, 7) is 1.63. The molecule has 0 radical (unpaired) electrons. The molecule has 1 unspecified atom stereocenters. The summed E-state index contributed by atoms with van der Waals surface area (Å²) < 4.78 is 0. The second-order valence-electron chi connectivity index (χ2n) is 4.32. The molecule has 1 fully saturated rings. The summed E-state index contributed by atoms with van der Waals surface area (Å²) in [4.78, 5) is 15.1. The second kappa shape index (κ2) is 6.99. The Morgan fingerprint density at radius 1 is 1.59 bits per heavy atom. The number of hydrogen-bond acceptors (Lipinski definition) is 3. The van der Waals surface area contributed by atoms with Crippen LogP contribution in [0.1, 0.15) is 24.1 Å².